The van der Waals surface area contributed by atoms with Gasteiger partial charge in [-0.25, -0.2) is 0 Å². The number of piperidine rings is 1. The van der Waals surface area contributed by atoms with E-state index in [-0.39, 0.29) is 17.9 Å². The number of hydrogen-bond acceptors (Lipinski definition) is 4. The molecule has 1 N–H and O–H groups in total. The van der Waals surface area contributed by atoms with Crippen LogP contribution in [0.2, 0.25) is 0 Å². The van der Waals surface area contributed by atoms with E-state index in [9.17, 15) is 4.79 Å². The van der Waals surface area contributed by atoms with E-state index < -0.39 is 0 Å². The molecule has 0 spiro atoms. The zero-order chi connectivity index (χ0) is 15.8. The Morgan fingerprint density at radius 3 is 2.96 bits per heavy atom. The highest BCUT2D eigenvalue weighted by Gasteiger charge is 2.41. The van der Waals surface area contributed by atoms with Crippen LogP contribution in [0.3, 0.4) is 0 Å². The van der Waals surface area contributed by atoms with Crippen LogP contribution in [0.25, 0.3) is 0 Å². The van der Waals surface area contributed by atoms with Gasteiger partial charge in [0.25, 0.3) is 0 Å². The smallest absolute Gasteiger partial charge is 0.223 e. The normalized spacial score (nSPS) is 31.1. The highest BCUT2D eigenvalue weighted by atomic mass is 16.5. The molecule has 3 fully saturated rings. The van der Waals surface area contributed by atoms with Gasteiger partial charge in [0.2, 0.25) is 5.91 Å². The molecule has 3 atom stereocenters. The highest BCUT2D eigenvalue weighted by molar-refractivity contribution is 5.80. The maximum absolute atomic E-state index is 11.8. The zero-order valence-corrected chi connectivity index (χ0v) is 13.8. The molecule has 23 heavy (non-hydrogen) atoms. The molecule has 5 heteroatoms. The maximum Gasteiger partial charge on any atom is 0.223 e. The first kappa shape index (κ1) is 15.2. The van der Waals surface area contributed by atoms with Crippen LogP contribution < -0.4 is 5.32 Å². The maximum atomic E-state index is 11.8. The van der Waals surface area contributed by atoms with Gasteiger partial charge in [0.1, 0.15) is 11.5 Å². The summed E-state index contributed by atoms with van der Waals surface area (Å²) >= 11 is 0. The molecule has 1 aliphatic carbocycles. The molecule has 0 aromatic carbocycles. The number of rotatable bonds is 5. The summed E-state index contributed by atoms with van der Waals surface area (Å²) in [6.45, 7) is 6.52. The number of likely N-dealkylation sites (tertiary alicyclic amines) is 1. The molecule has 1 aromatic rings. The number of nitrogens with zero attached hydrogens (tertiary/aromatic N) is 1. The molecule has 1 aromatic heterocycles. The Kier molecular flexibility index (Phi) is 4.16. The number of hydrogen-bond donors (Lipinski definition) is 1. The summed E-state index contributed by atoms with van der Waals surface area (Å²) in [7, 11) is 0. The molecule has 4 rings (SSSR count). The molecule has 1 saturated carbocycles. The van der Waals surface area contributed by atoms with Crippen LogP contribution >= 0.6 is 0 Å². The van der Waals surface area contributed by atoms with Crippen molar-refractivity contribution in [3.05, 3.63) is 23.7 Å². The molecule has 3 heterocycles. The van der Waals surface area contributed by atoms with E-state index in [2.05, 4.69) is 16.3 Å². The number of carbonyl (C=O) groups is 1. The second-order valence-corrected chi connectivity index (χ2v) is 7.35. The second-order valence-electron chi connectivity index (χ2n) is 7.35. The number of ether oxygens (including phenoxy) is 1. The van der Waals surface area contributed by atoms with E-state index in [1.165, 1.54) is 6.42 Å². The van der Waals surface area contributed by atoms with Crippen LogP contribution in [0.1, 0.15) is 30.8 Å². The van der Waals surface area contributed by atoms with Gasteiger partial charge < -0.3 is 14.5 Å². The van der Waals surface area contributed by atoms with Crippen molar-refractivity contribution in [3.8, 4) is 0 Å². The van der Waals surface area contributed by atoms with Crippen LogP contribution in [0.4, 0.5) is 0 Å². The van der Waals surface area contributed by atoms with Gasteiger partial charge in [-0.15, -0.1) is 0 Å². The van der Waals surface area contributed by atoms with Crippen molar-refractivity contribution in [1.29, 1.82) is 0 Å². The Morgan fingerprint density at radius 2 is 2.22 bits per heavy atom. The minimum Gasteiger partial charge on any atom is -0.465 e. The molecule has 5 nitrogen and oxygen atoms in total. The summed E-state index contributed by atoms with van der Waals surface area (Å²) in [5.41, 5.74) is 0. The third-order valence-corrected chi connectivity index (χ3v) is 5.49. The van der Waals surface area contributed by atoms with E-state index in [1.54, 1.807) is 0 Å². The molecule has 0 unspecified atom stereocenters. The highest BCUT2D eigenvalue weighted by Crippen LogP contribution is 2.35. The fourth-order valence-electron chi connectivity index (χ4n) is 3.94. The van der Waals surface area contributed by atoms with E-state index in [4.69, 9.17) is 9.15 Å². The molecule has 1 amide bonds. The lowest BCUT2D eigenvalue weighted by Gasteiger charge is -2.35. The van der Waals surface area contributed by atoms with Crippen molar-refractivity contribution < 1.29 is 13.9 Å². The summed E-state index contributed by atoms with van der Waals surface area (Å²) < 4.78 is 11.7. The van der Waals surface area contributed by atoms with E-state index >= 15 is 0 Å². The summed E-state index contributed by atoms with van der Waals surface area (Å²) in [6, 6.07) is 4.09. The van der Waals surface area contributed by atoms with Gasteiger partial charge in [0, 0.05) is 24.9 Å². The molecular weight excluding hydrogens is 292 g/mol. The number of nitrogens with one attached hydrogen (secondary N) is 1. The van der Waals surface area contributed by atoms with Crippen molar-refractivity contribution in [2.24, 2.45) is 17.8 Å². The SMILES string of the molecule is Cc1ccc(CN2CC[C@@H]3CO[C@H](CNC(=O)C4CC4)[C@@H]3C2)o1. The Labute approximate surface area is 137 Å². The Bertz CT molecular complexity index is 566. The lowest BCUT2D eigenvalue weighted by molar-refractivity contribution is -0.122. The minimum absolute atomic E-state index is 0.170. The minimum atomic E-state index is 0.170. The summed E-state index contributed by atoms with van der Waals surface area (Å²) in [4.78, 5) is 14.3. The largest absolute Gasteiger partial charge is 0.465 e. The Hall–Kier alpha value is -1.33. The number of amides is 1. The van der Waals surface area contributed by atoms with Crippen LogP contribution in [-0.4, -0.2) is 43.2 Å². The predicted octanol–water partition coefficient (Wildman–Crippen LogP) is 1.95. The summed E-state index contributed by atoms with van der Waals surface area (Å²) in [5.74, 6) is 3.68. The average Bonchev–Trinajstić information content (AvgIpc) is 3.21. The molecule has 0 bridgehead atoms. The average molecular weight is 318 g/mol. The van der Waals surface area contributed by atoms with E-state index in [1.807, 2.05) is 13.0 Å². The summed E-state index contributed by atoms with van der Waals surface area (Å²) in [6.07, 6.45) is 3.46. The van der Waals surface area contributed by atoms with Gasteiger partial charge in [-0.1, -0.05) is 0 Å². The lowest BCUT2D eigenvalue weighted by atomic mass is 9.84. The van der Waals surface area contributed by atoms with Crippen LogP contribution in [-0.2, 0) is 16.1 Å². The van der Waals surface area contributed by atoms with Gasteiger partial charge in [0.15, 0.2) is 0 Å². The molecule has 0 radical (unpaired) electrons. The number of carbonyl (C=O) groups excluding carboxylic acids is 1. The van der Waals surface area contributed by atoms with Crippen LogP contribution in [0, 0.1) is 24.7 Å². The van der Waals surface area contributed by atoms with Crippen molar-refractivity contribution in [3.63, 3.8) is 0 Å². The van der Waals surface area contributed by atoms with Crippen LogP contribution in [0.15, 0.2) is 16.5 Å². The fourth-order valence-corrected chi connectivity index (χ4v) is 3.94. The fraction of sp³-hybridized carbons (Fsp3) is 0.722. The Morgan fingerprint density at radius 1 is 1.35 bits per heavy atom. The molecule has 126 valence electrons. The topological polar surface area (TPSA) is 54.7 Å². The first-order chi connectivity index (χ1) is 11.2. The first-order valence-corrected chi connectivity index (χ1v) is 8.86. The third-order valence-electron chi connectivity index (χ3n) is 5.49. The van der Waals surface area contributed by atoms with E-state index in [0.717, 1.165) is 50.6 Å². The monoisotopic (exact) mass is 318 g/mol. The summed E-state index contributed by atoms with van der Waals surface area (Å²) in [5, 5.41) is 3.09. The van der Waals surface area contributed by atoms with Crippen molar-refractivity contribution in [2.75, 3.05) is 26.2 Å². The van der Waals surface area contributed by atoms with Crippen molar-refractivity contribution in [2.45, 2.75) is 38.8 Å². The third kappa shape index (κ3) is 3.45. The zero-order valence-electron chi connectivity index (χ0n) is 13.8. The quantitative estimate of drug-likeness (QED) is 0.901. The standard InChI is InChI=1S/C18H26N2O3/c1-12-2-5-15(23-12)9-20-7-6-14-11-22-17(16(14)10-20)8-19-18(21)13-3-4-13/h2,5,13-14,16-17H,3-4,6-11H2,1H3,(H,19,21)/t14-,16-,17-/m1/s1. The van der Waals surface area contributed by atoms with Gasteiger partial charge in [-0.05, 0) is 50.8 Å². The van der Waals surface area contributed by atoms with Crippen molar-refractivity contribution in [1.82, 2.24) is 10.2 Å². The lowest BCUT2D eigenvalue weighted by Crippen LogP contribution is -2.45. The number of furan rings is 1. The second kappa shape index (κ2) is 6.29. The van der Waals surface area contributed by atoms with Gasteiger partial charge in [-0.3, -0.25) is 9.69 Å². The van der Waals surface area contributed by atoms with Gasteiger partial charge in [-0.2, -0.15) is 0 Å². The van der Waals surface area contributed by atoms with Gasteiger partial charge >= 0.3 is 0 Å². The number of fused-ring (bicyclic) bond motifs is 1. The first-order valence-electron chi connectivity index (χ1n) is 8.86. The molecule has 2 aliphatic heterocycles. The number of aryl methyl sites for hydroxylation is 1. The predicted molar refractivity (Wildman–Crippen MR) is 85.8 cm³/mol. The molecular formula is C18H26N2O3. The van der Waals surface area contributed by atoms with E-state index in [0.29, 0.717) is 18.4 Å². The van der Waals surface area contributed by atoms with Gasteiger partial charge in [0.05, 0.1) is 19.3 Å². The molecule has 2 saturated heterocycles. The molecule has 3 aliphatic rings. The Balaban J connectivity index is 1.32. The van der Waals surface area contributed by atoms with Crippen molar-refractivity contribution >= 4 is 5.91 Å². The van der Waals surface area contributed by atoms with Crippen LogP contribution in [0.5, 0.6) is 0 Å².